The Morgan fingerprint density at radius 3 is 0.582 bits per heavy atom. The second kappa shape index (κ2) is 30.0. The number of phenols is 2. The summed E-state index contributed by atoms with van der Waals surface area (Å²) in [7, 11) is 0. The van der Waals surface area contributed by atoms with Gasteiger partial charge in [0.2, 0.25) is 0 Å². The summed E-state index contributed by atoms with van der Waals surface area (Å²) in [5.74, 6) is 3.38. The van der Waals surface area contributed by atoms with Crippen LogP contribution in [0, 0.1) is 0 Å². The molecule has 316 valence electrons. The van der Waals surface area contributed by atoms with E-state index in [0.29, 0.717) is 11.5 Å². The zero-order valence-electron chi connectivity index (χ0n) is 37.9. The Morgan fingerprint density at radius 2 is 0.418 bits per heavy atom. The van der Waals surface area contributed by atoms with Crippen LogP contribution in [0.25, 0.3) is 0 Å². The SMILES string of the molecule is CCCCCc1c(O)c(CCCCC)c(CCCCC)c(Oc2c(CCCCC)c(CCCCC)c(O)c(CCCCC)c2CCCCC)c1CCCCC. The maximum absolute atomic E-state index is 12.4. The molecule has 0 heterocycles. The van der Waals surface area contributed by atoms with Crippen LogP contribution in [0.4, 0.5) is 0 Å². The van der Waals surface area contributed by atoms with Gasteiger partial charge in [-0.1, -0.05) is 158 Å². The number of rotatable bonds is 34. The van der Waals surface area contributed by atoms with Gasteiger partial charge in [0.05, 0.1) is 0 Å². The molecule has 0 saturated carbocycles. The summed E-state index contributed by atoms with van der Waals surface area (Å²) in [6.07, 6.45) is 35.2. The Balaban J connectivity index is 3.19. The minimum Gasteiger partial charge on any atom is -0.507 e. The van der Waals surface area contributed by atoms with Crippen molar-refractivity contribution < 1.29 is 14.9 Å². The van der Waals surface area contributed by atoms with E-state index < -0.39 is 0 Å². The van der Waals surface area contributed by atoms with Crippen LogP contribution >= 0.6 is 0 Å². The summed E-state index contributed by atoms with van der Waals surface area (Å²) >= 11 is 0. The van der Waals surface area contributed by atoms with Gasteiger partial charge in [0.25, 0.3) is 0 Å². The molecule has 0 aliphatic rings. The average molecular weight is 763 g/mol. The van der Waals surface area contributed by atoms with Crippen molar-refractivity contribution in [3.8, 4) is 23.0 Å². The molecule has 0 aromatic heterocycles. The molecular weight excluding hydrogens is 673 g/mol. The van der Waals surface area contributed by atoms with Gasteiger partial charge in [-0.2, -0.15) is 0 Å². The lowest BCUT2D eigenvalue weighted by atomic mass is 9.84. The van der Waals surface area contributed by atoms with Crippen LogP contribution in [0.3, 0.4) is 0 Å². The van der Waals surface area contributed by atoms with E-state index in [4.69, 9.17) is 4.74 Å². The lowest BCUT2D eigenvalue weighted by Crippen LogP contribution is -2.12. The molecule has 0 amide bonds. The molecule has 0 fully saturated rings. The van der Waals surface area contributed by atoms with Crippen molar-refractivity contribution in [1.82, 2.24) is 0 Å². The Labute approximate surface area is 342 Å². The molecule has 0 unspecified atom stereocenters. The Kier molecular flexibility index (Phi) is 26.7. The van der Waals surface area contributed by atoms with Crippen molar-refractivity contribution in [2.75, 3.05) is 0 Å². The molecule has 0 aliphatic carbocycles. The van der Waals surface area contributed by atoms with Crippen LogP contribution in [0.5, 0.6) is 23.0 Å². The first-order valence-electron chi connectivity index (χ1n) is 24.3. The van der Waals surface area contributed by atoms with Crippen LogP contribution in [0.1, 0.15) is 254 Å². The number of ether oxygens (including phenoxy) is 1. The smallest absolute Gasteiger partial charge is 0.134 e. The number of phenolic OH excluding ortho intramolecular Hbond substituents is 2. The Bertz CT molecular complexity index is 1120. The highest BCUT2D eigenvalue weighted by atomic mass is 16.5. The molecule has 0 atom stereocenters. The molecule has 2 aromatic carbocycles. The maximum atomic E-state index is 12.4. The highest BCUT2D eigenvalue weighted by Gasteiger charge is 2.29. The normalized spacial score (nSPS) is 11.6. The zero-order chi connectivity index (χ0) is 40.3. The third-order valence-corrected chi connectivity index (χ3v) is 12.1. The topological polar surface area (TPSA) is 49.7 Å². The first-order chi connectivity index (χ1) is 26.9. The summed E-state index contributed by atoms with van der Waals surface area (Å²) < 4.78 is 7.90. The molecule has 2 aromatic rings. The molecule has 0 spiro atoms. The Hall–Kier alpha value is -2.16. The minimum absolute atomic E-state index is 0.593. The molecule has 0 aliphatic heterocycles. The van der Waals surface area contributed by atoms with Crippen LogP contribution in [0.15, 0.2) is 0 Å². The van der Waals surface area contributed by atoms with Gasteiger partial charge in [-0.3, -0.25) is 0 Å². The molecular formula is C52H90O3. The monoisotopic (exact) mass is 763 g/mol. The maximum Gasteiger partial charge on any atom is 0.134 e. The zero-order valence-corrected chi connectivity index (χ0v) is 37.9. The summed E-state index contributed by atoms with van der Waals surface area (Å²) in [5.41, 5.74) is 9.87. The summed E-state index contributed by atoms with van der Waals surface area (Å²) in [4.78, 5) is 0. The van der Waals surface area contributed by atoms with E-state index in [2.05, 4.69) is 55.4 Å². The van der Waals surface area contributed by atoms with Gasteiger partial charge in [0, 0.05) is 44.5 Å². The van der Waals surface area contributed by atoms with Gasteiger partial charge >= 0.3 is 0 Å². The van der Waals surface area contributed by atoms with Gasteiger partial charge in [0.1, 0.15) is 23.0 Å². The predicted molar refractivity (Wildman–Crippen MR) is 242 cm³/mol. The van der Waals surface area contributed by atoms with Crippen molar-refractivity contribution in [2.45, 2.75) is 261 Å². The summed E-state index contributed by atoms with van der Waals surface area (Å²) in [5, 5.41) is 24.9. The highest BCUT2D eigenvalue weighted by molar-refractivity contribution is 5.64. The van der Waals surface area contributed by atoms with Gasteiger partial charge in [-0.05, 0) is 103 Å². The number of hydrogen-bond donors (Lipinski definition) is 2. The molecule has 0 saturated heterocycles. The van der Waals surface area contributed by atoms with E-state index in [-0.39, 0.29) is 0 Å². The molecule has 0 bridgehead atoms. The van der Waals surface area contributed by atoms with Crippen LogP contribution < -0.4 is 4.74 Å². The number of benzene rings is 2. The lowest BCUT2D eigenvalue weighted by molar-refractivity contribution is 0.421. The largest absolute Gasteiger partial charge is 0.507 e. The number of unbranched alkanes of at least 4 members (excludes halogenated alkanes) is 16. The highest BCUT2D eigenvalue weighted by Crippen LogP contribution is 2.48. The second-order valence-electron chi connectivity index (χ2n) is 16.9. The third kappa shape index (κ3) is 16.0. The van der Waals surface area contributed by atoms with Crippen molar-refractivity contribution in [1.29, 1.82) is 0 Å². The predicted octanol–water partition coefficient (Wildman–Crippen LogP) is 16.8. The van der Waals surface area contributed by atoms with Crippen molar-refractivity contribution >= 4 is 0 Å². The molecule has 3 heteroatoms. The fraction of sp³-hybridized carbons (Fsp3) is 0.769. The first kappa shape index (κ1) is 49.0. The summed E-state index contributed by atoms with van der Waals surface area (Å²) in [6.45, 7) is 18.3. The molecule has 55 heavy (non-hydrogen) atoms. The quantitative estimate of drug-likeness (QED) is 0.0698. The van der Waals surface area contributed by atoms with Crippen LogP contribution in [-0.4, -0.2) is 10.2 Å². The number of aromatic hydroxyl groups is 2. The van der Waals surface area contributed by atoms with E-state index in [1.165, 1.54) is 147 Å². The van der Waals surface area contributed by atoms with E-state index in [0.717, 1.165) is 114 Å². The molecule has 2 rings (SSSR count). The molecule has 0 radical (unpaired) electrons. The Morgan fingerprint density at radius 1 is 0.255 bits per heavy atom. The van der Waals surface area contributed by atoms with Crippen molar-refractivity contribution in [3.63, 3.8) is 0 Å². The lowest BCUT2D eigenvalue weighted by Gasteiger charge is -2.29. The summed E-state index contributed by atoms with van der Waals surface area (Å²) in [6, 6.07) is 0. The van der Waals surface area contributed by atoms with Crippen LogP contribution in [0.2, 0.25) is 0 Å². The fourth-order valence-electron chi connectivity index (χ4n) is 8.75. The molecule has 2 N–H and O–H groups in total. The standard InChI is InChI=1S/C52H90O3/c1-9-17-25-33-41-45(37-29-21-13-5)51(46(38-30-22-14-6)42(49(41)53)34-26-18-10-2)55-52-47(39-31-23-15-7)43(35-27-19-11-3)50(54)44(36-28-20-12-4)48(52)40-32-24-16-8/h53-54H,9-40H2,1-8H3. The van der Waals surface area contributed by atoms with E-state index in [1.54, 1.807) is 0 Å². The van der Waals surface area contributed by atoms with Gasteiger partial charge in [-0.15, -0.1) is 0 Å². The van der Waals surface area contributed by atoms with E-state index in [1.807, 2.05) is 0 Å². The van der Waals surface area contributed by atoms with Gasteiger partial charge < -0.3 is 14.9 Å². The van der Waals surface area contributed by atoms with Crippen molar-refractivity contribution in [3.05, 3.63) is 44.5 Å². The van der Waals surface area contributed by atoms with E-state index >= 15 is 0 Å². The first-order valence-corrected chi connectivity index (χ1v) is 24.3. The van der Waals surface area contributed by atoms with Crippen molar-refractivity contribution in [2.24, 2.45) is 0 Å². The second-order valence-corrected chi connectivity index (χ2v) is 16.9. The van der Waals surface area contributed by atoms with Crippen LogP contribution in [-0.2, 0) is 51.4 Å². The van der Waals surface area contributed by atoms with Gasteiger partial charge in [-0.25, -0.2) is 0 Å². The molecule has 3 nitrogen and oxygen atoms in total. The third-order valence-electron chi connectivity index (χ3n) is 12.1. The minimum atomic E-state index is 0.593. The number of hydrogen-bond acceptors (Lipinski definition) is 3. The average Bonchev–Trinajstić information content (AvgIpc) is 3.18. The van der Waals surface area contributed by atoms with Gasteiger partial charge in [0.15, 0.2) is 0 Å². The fourth-order valence-corrected chi connectivity index (χ4v) is 8.75. The van der Waals surface area contributed by atoms with E-state index in [9.17, 15) is 10.2 Å².